The second-order valence-corrected chi connectivity index (χ2v) is 5.32. The number of halogens is 5. The largest absolute Gasteiger partial charge is 0.420 e. The van der Waals surface area contributed by atoms with Crippen molar-refractivity contribution in [2.24, 2.45) is 0 Å². The minimum absolute atomic E-state index is 0.161. The molecule has 0 unspecified atom stereocenters. The molecule has 24 heavy (non-hydrogen) atoms. The van der Waals surface area contributed by atoms with Gasteiger partial charge in [0.15, 0.2) is 0 Å². The molecule has 0 aliphatic rings. The molecule has 0 heterocycles. The van der Waals surface area contributed by atoms with E-state index in [-0.39, 0.29) is 6.42 Å². The normalized spacial score (nSPS) is 10.7. The summed E-state index contributed by atoms with van der Waals surface area (Å²) < 4.78 is 69.8. The third kappa shape index (κ3) is 5.62. The van der Waals surface area contributed by atoms with Crippen LogP contribution in [0.5, 0.6) is 5.75 Å². The van der Waals surface area contributed by atoms with Gasteiger partial charge in [0.2, 0.25) is 34.8 Å². The Kier molecular flexibility index (Phi) is 8.43. The molecule has 0 spiro atoms. The van der Waals surface area contributed by atoms with Crippen LogP contribution in [0, 0.1) is 29.1 Å². The van der Waals surface area contributed by atoms with Crippen molar-refractivity contribution in [3.63, 3.8) is 0 Å². The molecule has 2 nitrogen and oxygen atoms in total. The van der Waals surface area contributed by atoms with Gasteiger partial charge < -0.3 is 4.74 Å². The second kappa shape index (κ2) is 10.1. The van der Waals surface area contributed by atoms with E-state index in [4.69, 9.17) is 0 Å². The number of benzene rings is 1. The fourth-order valence-electron chi connectivity index (χ4n) is 2.10. The van der Waals surface area contributed by atoms with E-state index < -0.39 is 40.8 Å². The molecule has 1 rings (SSSR count). The predicted octanol–water partition coefficient (Wildman–Crippen LogP) is 5.59. The van der Waals surface area contributed by atoms with Gasteiger partial charge in [-0.15, -0.1) is 6.58 Å². The van der Waals surface area contributed by atoms with E-state index in [1.54, 1.807) is 0 Å². The van der Waals surface area contributed by atoms with Crippen LogP contribution in [0.3, 0.4) is 0 Å². The predicted molar refractivity (Wildman–Crippen MR) is 79.0 cm³/mol. The molecular weight excluding hydrogens is 331 g/mol. The highest BCUT2D eigenvalue weighted by Gasteiger charge is 2.28. The van der Waals surface area contributed by atoms with Gasteiger partial charge in [-0.2, -0.15) is 8.78 Å². The zero-order valence-electron chi connectivity index (χ0n) is 13.1. The van der Waals surface area contributed by atoms with Crippen molar-refractivity contribution < 1.29 is 31.5 Å². The van der Waals surface area contributed by atoms with Crippen molar-refractivity contribution in [3.05, 3.63) is 41.7 Å². The highest BCUT2D eigenvalue weighted by atomic mass is 19.2. The summed E-state index contributed by atoms with van der Waals surface area (Å²) in [5, 5.41) is 0. The SMILES string of the molecule is C=CCCCCCCCCC(=O)Oc1c(F)c(F)c(F)c(F)c1F. The van der Waals surface area contributed by atoms with Crippen LogP contribution in [0.4, 0.5) is 22.0 Å². The quantitative estimate of drug-likeness (QED) is 0.104. The average molecular weight is 350 g/mol. The molecule has 0 saturated heterocycles. The second-order valence-electron chi connectivity index (χ2n) is 5.32. The van der Waals surface area contributed by atoms with Crippen molar-refractivity contribution in [2.75, 3.05) is 0 Å². The number of unbranched alkanes of at least 4 members (excludes halogenated alkanes) is 6. The maximum absolute atomic E-state index is 13.3. The van der Waals surface area contributed by atoms with Gasteiger partial charge in [-0.05, 0) is 19.3 Å². The standard InChI is InChI=1S/C17H19F5O2/c1-2-3-4-5-6-7-8-9-10-11(23)24-17-15(21)13(19)12(18)14(20)16(17)22/h2H,1,3-10H2. The first-order valence-electron chi connectivity index (χ1n) is 7.73. The first-order valence-corrected chi connectivity index (χ1v) is 7.73. The minimum atomic E-state index is -2.29. The van der Waals surface area contributed by atoms with Crippen LogP contribution < -0.4 is 4.74 Å². The smallest absolute Gasteiger partial charge is 0.311 e. The summed E-state index contributed by atoms with van der Waals surface area (Å²) in [6.07, 6.45) is 7.71. The topological polar surface area (TPSA) is 26.3 Å². The molecule has 0 aliphatic heterocycles. The van der Waals surface area contributed by atoms with E-state index in [2.05, 4.69) is 11.3 Å². The molecule has 1 aromatic rings. The number of allylic oxidation sites excluding steroid dienone is 1. The van der Waals surface area contributed by atoms with E-state index in [0.717, 1.165) is 32.1 Å². The van der Waals surface area contributed by atoms with E-state index in [1.807, 2.05) is 6.08 Å². The van der Waals surface area contributed by atoms with E-state index in [9.17, 15) is 26.7 Å². The van der Waals surface area contributed by atoms with Crippen LogP contribution in [0.25, 0.3) is 0 Å². The zero-order valence-corrected chi connectivity index (χ0v) is 13.1. The molecule has 7 heteroatoms. The van der Waals surface area contributed by atoms with Crippen molar-refractivity contribution in [1.82, 2.24) is 0 Å². The first-order chi connectivity index (χ1) is 11.4. The van der Waals surface area contributed by atoms with Gasteiger partial charge in [-0.1, -0.05) is 31.8 Å². The minimum Gasteiger partial charge on any atom is -0.420 e. The molecule has 0 saturated carbocycles. The summed E-state index contributed by atoms with van der Waals surface area (Å²) in [7, 11) is 0. The van der Waals surface area contributed by atoms with Gasteiger partial charge >= 0.3 is 5.97 Å². The molecule has 0 fully saturated rings. The van der Waals surface area contributed by atoms with E-state index in [0.29, 0.717) is 12.8 Å². The van der Waals surface area contributed by atoms with Crippen LogP contribution in [-0.2, 0) is 4.79 Å². The van der Waals surface area contributed by atoms with E-state index >= 15 is 0 Å². The first kappa shape index (κ1) is 20.1. The molecule has 0 aromatic heterocycles. The number of rotatable bonds is 10. The Hall–Kier alpha value is -1.92. The van der Waals surface area contributed by atoms with Crippen LogP contribution in [0.15, 0.2) is 12.7 Å². The van der Waals surface area contributed by atoms with Gasteiger partial charge in [-0.25, -0.2) is 13.2 Å². The third-order valence-corrected chi connectivity index (χ3v) is 3.42. The number of hydrogen-bond donors (Lipinski definition) is 0. The fraction of sp³-hybridized carbons (Fsp3) is 0.471. The van der Waals surface area contributed by atoms with E-state index in [1.165, 1.54) is 0 Å². The monoisotopic (exact) mass is 350 g/mol. The lowest BCUT2D eigenvalue weighted by Crippen LogP contribution is -2.13. The van der Waals surface area contributed by atoms with Crippen molar-refractivity contribution in [2.45, 2.75) is 51.4 Å². The molecule has 0 amide bonds. The van der Waals surface area contributed by atoms with Crippen molar-refractivity contribution in [1.29, 1.82) is 0 Å². The highest BCUT2D eigenvalue weighted by Crippen LogP contribution is 2.29. The van der Waals surface area contributed by atoms with Gasteiger partial charge in [0.1, 0.15) is 0 Å². The number of carbonyl (C=O) groups is 1. The lowest BCUT2D eigenvalue weighted by molar-refractivity contribution is -0.135. The number of esters is 1. The summed E-state index contributed by atoms with van der Waals surface area (Å²) in [5.74, 6) is -13.5. The molecule has 134 valence electrons. The summed E-state index contributed by atoms with van der Waals surface area (Å²) in [5.41, 5.74) is 0. The maximum Gasteiger partial charge on any atom is 0.311 e. The lowest BCUT2D eigenvalue weighted by Gasteiger charge is -2.08. The Morgan fingerprint density at radius 3 is 1.79 bits per heavy atom. The van der Waals surface area contributed by atoms with Gasteiger partial charge in [-0.3, -0.25) is 4.79 Å². The van der Waals surface area contributed by atoms with Crippen molar-refractivity contribution >= 4 is 5.97 Å². The van der Waals surface area contributed by atoms with Crippen molar-refractivity contribution in [3.8, 4) is 5.75 Å². The number of ether oxygens (including phenoxy) is 1. The number of carbonyl (C=O) groups excluding carboxylic acids is 1. The average Bonchev–Trinajstić information content (AvgIpc) is 2.57. The third-order valence-electron chi connectivity index (χ3n) is 3.42. The summed E-state index contributed by atoms with van der Waals surface area (Å²) in [6, 6.07) is 0. The maximum atomic E-state index is 13.3. The van der Waals surface area contributed by atoms with Crippen LogP contribution in [0.2, 0.25) is 0 Å². The molecule has 1 aromatic carbocycles. The summed E-state index contributed by atoms with van der Waals surface area (Å²) >= 11 is 0. The molecule has 0 bridgehead atoms. The van der Waals surface area contributed by atoms with Crippen LogP contribution in [-0.4, -0.2) is 5.97 Å². The van der Waals surface area contributed by atoms with Crippen LogP contribution >= 0.6 is 0 Å². The van der Waals surface area contributed by atoms with Gasteiger partial charge in [0, 0.05) is 6.42 Å². The summed E-state index contributed by atoms with van der Waals surface area (Å²) in [4.78, 5) is 11.5. The Morgan fingerprint density at radius 2 is 1.25 bits per heavy atom. The highest BCUT2D eigenvalue weighted by molar-refractivity contribution is 5.72. The Labute approximate surface area is 137 Å². The zero-order chi connectivity index (χ0) is 18.1. The fourth-order valence-corrected chi connectivity index (χ4v) is 2.10. The molecular formula is C17H19F5O2. The lowest BCUT2D eigenvalue weighted by atomic mass is 10.1. The molecule has 0 aliphatic carbocycles. The molecule has 0 radical (unpaired) electrons. The Morgan fingerprint density at radius 1 is 0.792 bits per heavy atom. The van der Waals surface area contributed by atoms with Crippen LogP contribution in [0.1, 0.15) is 51.4 Å². The molecule has 0 N–H and O–H groups in total. The Balaban J connectivity index is 2.42. The Bertz CT molecular complexity index is 558. The van der Waals surface area contributed by atoms with Gasteiger partial charge in [0.05, 0.1) is 0 Å². The summed E-state index contributed by atoms with van der Waals surface area (Å²) in [6.45, 7) is 3.62. The van der Waals surface area contributed by atoms with Gasteiger partial charge in [0.25, 0.3) is 0 Å². The number of hydrogen-bond acceptors (Lipinski definition) is 2. The molecule has 0 atom stereocenters.